The number of nitrogens with zero attached hydrogens (tertiary/aromatic N) is 1. The maximum absolute atomic E-state index is 13.9. The number of alkyl halides is 6. The van der Waals surface area contributed by atoms with E-state index in [9.17, 15) is 43.9 Å². The number of carbonyl (C=O) groups excluding carboxylic acids is 1. The number of anilines is 1. The minimum atomic E-state index is -4.93. The number of nitrogens with one attached hydrogen (secondary N) is 1. The third kappa shape index (κ3) is 6.67. The third-order valence-corrected chi connectivity index (χ3v) is 8.15. The Bertz CT molecular complexity index is 1540. The number of benzene rings is 3. The van der Waals surface area contributed by atoms with E-state index in [1.165, 1.54) is 6.07 Å². The van der Waals surface area contributed by atoms with E-state index in [1.54, 1.807) is 6.07 Å². The molecule has 0 saturated carbocycles. The molecule has 1 amide bonds. The van der Waals surface area contributed by atoms with Gasteiger partial charge in [0.05, 0.1) is 27.6 Å². The molecule has 15 heteroatoms. The van der Waals surface area contributed by atoms with Crippen LogP contribution < -0.4 is 10.1 Å². The van der Waals surface area contributed by atoms with Gasteiger partial charge in [0, 0.05) is 13.1 Å². The van der Waals surface area contributed by atoms with Gasteiger partial charge in [0.15, 0.2) is 0 Å². The summed E-state index contributed by atoms with van der Waals surface area (Å²) in [6.45, 7) is -0.188. The Morgan fingerprint density at radius 3 is 2.27 bits per heavy atom. The maximum Gasteiger partial charge on any atom is 0.573 e. The number of halogens is 8. The minimum absolute atomic E-state index is 0.00663. The van der Waals surface area contributed by atoms with Gasteiger partial charge in [-0.2, -0.15) is 17.5 Å². The quantitative estimate of drug-likeness (QED) is 0.331. The van der Waals surface area contributed by atoms with Crippen LogP contribution in [0.25, 0.3) is 0 Å². The fraction of sp³-hybridized carbons (Fsp3) is 0.240. The van der Waals surface area contributed by atoms with Crippen LogP contribution in [0.15, 0.2) is 59.5 Å². The number of hydrogen-bond acceptors (Lipinski definition) is 4. The number of ether oxygens (including phenoxy) is 1. The van der Waals surface area contributed by atoms with Gasteiger partial charge in [-0.1, -0.05) is 23.7 Å². The van der Waals surface area contributed by atoms with Crippen LogP contribution in [0.5, 0.6) is 5.75 Å². The Morgan fingerprint density at radius 2 is 1.68 bits per heavy atom. The van der Waals surface area contributed by atoms with Crippen molar-refractivity contribution in [1.82, 2.24) is 4.31 Å². The van der Waals surface area contributed by atoms with Gasteiger partial charge in [-0.25, -0.2) is 12.8 Å². The lowest BCUT2D eigenvalue weighted by molar-refractivity contribution is -0.274. The minimum Gasteiger partial charge on any atom is -0.406 e. The first kappa shape index (κ1) is 29.6. The van der Waals surface area contributed by atoms with Crippen molar-refractivity contribution in [3.05, 3.63) is 87.7 Å². The van der Waals surface area contributed by atoms with E-state index >= 15 is 0 Å². The van der Waals surface area contributed by atoms with Crippen molar-refractivity contribution in [2.45, 2.75) is 36.8 Å². The summed E-state index contributed by atoms with van der Waals surface area (Å²) in [6.07, 6.45) is -10.2. The summed E-state index contributed by atoms with van der Waals surface area (Å²) in [7, 11) is -4.11. The van der Waals surface area contributed by atoms with Crippen LogP contribution in [0.3, 0.4) is 0 Å². The highest BCUT2D eigenvalue weighted by Gasteiger charge is 2.35. The van der Waals surface area contributed by atoms with E-state index in [0.717, 1.165) is 34.6 Å². The number of hydrogen-bond donors (Lipinski definition) is 1. The zero-order valence-electron chi connectivity index (χ0n) is 20.0. The molecule has 0 radical (unpaired) electrons. The van der Waals surface area contributed by atoms with Gasteiger partial charge in [0.2, 0.25) is 15.9 Å². The van der Waals surface area contributed by atoms with Crippen LogP contribution in [-0.4, -0.2) is 31.5 Å². The number of fused-ring (bicyclic) bond motifs is 1. The fourth-order valence-corrected chi connectivity index (χ4v) is 5.81. The van der Waals surface area contributed by atoms with E-state index in [1.807, 2.05) is 0 Å². The van der Waals surface area contributed by atoms with Gasteiger partial charge in [-0.05, 0) is 65.6 Å². The van der Waals surface area contributed by atoms with Crippen molar-refractivity contribution < 1.29 is 48.7 Å². The third-order valence-electron chi connectivity index (χ3n) is 5.98. The zero-order valence-corrected chi connectivity index (χ0v) is 21.6. The molecule has 1 aliphatic heterocycles. The lowest BCUT2D eigenvalue weighted by Crippen LogP contribution is -2.36. The average molecular weight is 611 g/mol. The fourth-order valence-electron chi connectivity index (χ4n) is 4.17. The molecule has 0 atom stereocenters. The van der Waals surface area contributed by atoms with E-state index in [0.29, 0.717) is 23.3 Å². The molecule has 40 heavy (non-hydrogen) atoms. The largest absolute Gasteiger partial charge is 0.573 e. The molecule has 0 unspecified atom stereocenters. The lowest BCUT2D eigenvalue weighted by atomic mass is 9.98. The van der Waals surface area contributed by atoms with Crippen LogP contribution in [0.4, 0.5) is 36.4 Å². The molecule has 0 fully saturated rings. The van der Waals surface area contributed by atoms with Gasteiger partial charge in [0.1, 0.15) is 11.6 Å². The second-order valence-corrected chi connectivity index (χ2v) is 11.0. The summed E-state index contributed by atoms with van der Waals surface area (Å²) in [5.74, 6) is -2.79. The predicted molar refractivity (Wildman–Crippen MR) is 130 cm³/mol. The normalized spacial score (nSPS) is 14.5. The van der Waals surface area contributed by atoms with Gasteiger partial charge in [-0.3, -0.25) is 4.79 Å². The Hall–Kier alpha value is -3.36. The lowest BCUT2D eigenvalue weighted by Gasteiger charge is -2.30. The molecule has 3 aromatic carbocycles. The van der Waals surface area contributed by atoms with Crippen molar-refractivity contribution in [3.63, 3.8) is 0 Å². The smallest absolute Gasteiger partial charge is 0.406 e. The van der Waals surface area contributed by atoms with Crippen molar-refractivity contribution >= 4 is 33.2 Å². The Balaban J connectivity index is 1.49. The molecule has 3 aromatic rings. The molecule has 1 heterocycles. The number of rotatable bonds is 6. The number of amides is 1. The molecular weight excluding hydrogens is 593 g/mol. The van der Waals surface area contributed by atoms with E-state index in [4.69, 9.17) is 11.6 Å². The molecular formula is C25H18ClF7N2O4S. The molecule has 1 N–H and O–H groups in total. The highest BCUT2D eigenvalue weighted by atomic mass is 35.5. The molecule has 0 bridgehead atoms. The first-order valence-electron chi connectivity index (χ1n) is 11.4. The van der Waals surface area contributed by atoms with Crippen molar-refractivity contribution in [2.75, 3.05) is 11.9 Å². The zero-order chi connectivity index (χ0) is 29.5. The van der Waals surface area contributed by atoms with Crippen molar-refractivity contribution in [3.8, 4) is 5.75 Å². The Morgan fingerprint density at radius 1 is 1.00 bits per heavy atom. The van der Waals surface area contributed by atoms with E-state index in [2.05, 4.69) is 10.1 Å². The van der Waals surface area contributed by atoms with Crippen LogP contribution in [0, 0.1) is 5.82 Å². The topological polar surface area (TPSA) is 75.7 Å². The van der Waals surface area contributed by atoms with Gasteiger partial charge in [0.25, 0.3) is 0 Å². The SMILES string of the molecule is O=C(Cc1ccc(C(F)(F)F)c(F)c1)Nc1c(Cl)ccc2c1CCN(S(=O)(=O)c1ccc(OC(F)(F)F)cc1)C2. The number of sulfonamides is 1. The summed E-state index contributed by atoms with van der Waals surface area (Å²) in [6, 6.07) is 8.87. The Labute approximate surface area is 228 Å². The van der Waals surface area contributed by atoms with E-state index in [-0.39, 0.29) is 40.7 Å². The molecule has 0 aromatic heterocycles. The monoisotopic (exact) mass is 610 g/mol. The van der Waals surface area contributed by atoms with Gasteiger partial charge in [-0.15, -0.1) is 13.2 Å². The maximum atomic E-state index is 13.9. The van der Waals surface area contributed by atoms with E-state index < -0.39 is 52.0 Å². The molecule has 0 saturated heterocycles. The second-order valence-electron chi connectivity index (χ2n) is 8.70. The van der Waals surface area contributed by atoms with Crippen LogP contribution >= 0.6 is 11.6 Å². The van der Waals surface area contributed by atoms with Gasteiger partial charge >= 0.3 is 12.5 Å². The molecule has 6 nitrogen and oxygen atoms in total. The number of carbonyl (C=O) groups is 1. The predicted octanol–water partition coefficient (Wildman–Crippen LogP) is 6.32. The highest BCUT2D eigenvalue weighted by molar-refractivity contribution is 7.89. The van der Waals surface area contributed by atoms with Crippen molar-refractivity contribution in [1.29, 1.82) is 0 Å². The first-order chi connectivity index (χ1) is 18.5. The molecule has 1 aliphatic rings. The first-order valence-corrected chi connectivity index (χ1v) is 13.2. The van der Waals surface area contributed by atoms with Gasteiger partial charge < -0.3 is 10.1 Å². The summed E-state index contributed by atoms with van der Waals surface area (Å²) in [5.41, 5.74) is -0.260. The standard InChI is InChI=1S/C25H18ClF7N2O4S/c26-20-8-2-15-13-35(40(37,38)17-5-3-16(4-6-17)39-25(31,32)33)10-9-18(15)23(20)34-22(36)12-14-1-7-19(21(27)11-14)24(28,29)30/h1-8,11H,9-10,12-13H2,(H,34,36). The van der Waals surface area contributed by atoms with Crippen molar-refractivity contribution in [2.24, 2.45) is 0 Å². The molecule has 4 rings (SSSR count). The summed E-state index contributed by atoms with van der Waals surface area (Å²) < 4.78 is 120. The summed E-state index contributed by atoms with van der Waals surface area (Å²) in [5, 5.41) is 2.70. The molecule has 214 valence electrons. The highest BCUT2D eigenvalue weighted by Crippen LogP contribution is 2.35. The van der Waals surface area contributed by atoms with Crippen LogP contribution in [-0.2, 0) is 40.4 Å². The summed E-state index contributed by atoms with van der Waals surface area (Å²) >= 11 is 6.26. The Kier molecular flexibility index (Phi) is 8.07. The van der Waals surface area contributed by atoms with Crippen LogP contribution in [0.1, 0.15) is 22.3 Å². The van der Waals surface area contributed by atoms with Crippen LogP contribution in [0.2, 0.25) is 5.02 Å². The summed E-state index contributed by atoms with van der Waals surface area (Å²) in [4.78, 5) is 12.4. The average Bonchev–Trinajstić information content (AvgIpc) is 2.84. The molecule has 0 spiro atoms. The molecule has 0 aliphatic carbocycles. The second kappa shape index (κ2) is 10.9.